The van der Waals surface area contributed by atoms with Gasteiger partial charge in [0.2, 0.25) is 0 Å². The van der Waals surface area contributed by atoms with Gasteiger partial charge in [-0.05, 0) is 19.1 Å². The van der Waals surface area contributed by atoms with Crippen LogP contribution in [0.2, 0.25) is 0 Å². The minimum absolute atomic E-state index is 0.246. The number of hydrogen-bond donors (Lipinski definition) is 1. The molecule has 6 nitrogen and oxygen atoms in total. The Labute approximate surface area is 228 Å². The summed E-state index contributed by atoms with van der Waals surface area (Å²) in [5.41, 5.74) is 5.34. The predicted octanol–water partition coefficient (Wildman–Crippen LogP) is 6.64. The van der Waals surface area contributed by atoms with Crippen LogP contribution in [-0.2, 0) is 0 Å². The molecule has 182 valence electrons. The molecule has 0 saturated heterocycles. The summed E-state index contributed by atoms with van der Waals surface area (Å²) in [7, 11) is 0. The van der Waals surface area contributed by atoms with Crippen LogP contribution in [0.25, 0.3) is 32.7 Å². The van der Waals surface area contributed by atoms with Crippen LogP contribution in [0.1, 0.15) is 17.1 Å². The molecule has 0 saturated carbocycles. The summed E-state index contributed by atoms with van der Waals surface area (Å²) in [6.45, 7) is 5.88. The number of aromatic nitrogens is 3. The third kappa shape index (κ3) is 5.80. The minimum atomic E-state index is -1.81. The Morgan fingerprint density at radius 2 is 0.919 bits per heavy atom. The number of benzene rings is 3. The summed E-state index contributed by atoms with van der Waals surface area (Å²) >= 11 is -1.81. The molecule has 0 fully saturated rings. The molecule has 3 aromatic carbocycles. The van der Waals surface area contributed by atoms with Gasteiger partial charge in [0.05, 0.1) is 0 Å². The van der Waals surface area contributed by atoms with Crippen LogP contribution in [0, 0.1) is 20.8 Å². The van der Waals surface area contributed by atoms with Gasteiger partial charge >= 0.3 is 160 Å². The first kappa shape index (κ1) is 24.9. The molecule has 3 aromatic heterocycles. The third-order valence-corrected chi connectivity index (χ3v) is 8.14. The number of nitrogens with zero attached hydrogens (tertiary/aromatic N) is 3. The zero-order valence-electron chi connectivity index (χ0n) is 20.8. The van der Waals surface area contributed by atoms with Gasteiger partial charge in [0, 0.05) is 11.1 Å². The molecule has 37 heavy (non-hydrogen) atoms. The SMILES string of the molecule is Cc1ccc2cccc(O)c2n1.Cc1ccc2cccc([O][Pb][O]c3cccc4ccc(C)nc34)c2n1. The molecule has 0 aliphatic rings. The molecule has 6 aromatic rings. The monoisotopic (exact) mass is 683 g/mol. The molecule has 0 amide bonds. The van der Waals surface area contributed by atoms with Crippen molar-refractivity contribution in [3.63, 3.8) is 0 Å². The summed E-state index contributed by atoms with van der Waals surface area (Å²) in [5, 5.41) is 12.6. The van der Waals surface area contributed by atoms with Crippen molar-refractivity contribution in [1.29, 1.82) is 0 Å². The first-order valence-corrected chi connectivity index (χ1v) is 15.0. The Balaban J connectivity index is 0.000000195. The molecule has 0 aliphatic carbocycles. The topological polar surface area (TPSA) is 77.4 Å². The maximum atomic E-state index is 9.43. The van der Waals surface area contributed by atoms with E-state index >= 15 is 0 Å². The third-order valence-electron chi connectivity index (χ3n) is 5.79. The fraction of sp³-hybridized carbons (Fsp3) is 0.100. The number of para-hydroxylation sites is 3. The Hall–Kier alpha value is -3.79. The van der Waals surface area contributed by atoms with Crippen molar-refractivity contribution in [3.05, 3.63) is 108 Å². The first-order valence-electron chi connectivity index (χ1n) is 11.8. The number of pyridine rings is 3. The van der Waals surface area contributed by atoms with E-state index in [0.717, 1.165) is 55.8 Å². The summed E-state index contributed by atoms with van der Waals surface area (Å²) < 4.78 is 12.1. The second-order valence-corrected chi connectivity index (χ2v) is 10.9. The van der Waals surface area contributed by atoms with E-state index in [2.05, 4.69) is 27.1 Å². The molecule has 0 aliphatic heterocycles. The van der Waals surface area contributed by atoms with Crippen LogP contribution in [0.15, 0.2) is 91.0 Å². The average Bonchev–Trinajstić information content (AvgIpc) is 2.90. The quantitative estimate of drug-likeness (QED) is 0.210. The molecule has 1 N–H and O–H groups in total. The van der Waals surface area contributed by atoms with Gasteiger partial charge in [-0.1, -0.05) is 18.2 Å². The Kier molecular flexibility index (Phi) is 7.45. The summed E-state index contributed by atoms with van der Waals surface area (Å²) in [4.78, 5) is 13.4. The molecular weight excluding hydrogens is 658 g/mol. The van der Waals surface area contributed by atoms with Crippen LogP contribution in [0.3, 0.4) is 0 Å². The van der Waals surface area contributed by atoms with E-state index in [1.807, 2.05) is 93.6 Å². The van der Waals surface area contributed by atoms with Gasteiger partial charge in [-0.15, -0.1) is 0 Å². The molecule has 0 atom stereocenters. The zero-order chi connectivity index (χ0) is 25.8. The summed E-state index contributed by atoms with van der Waals surface area (Å²) in [5.74, 6) is 1.85. The number of fused-ring (bicyclic) bond motifs is 3. The molecule has 0 bridgehead atoms. The second kappa shape index (κ2) is 11.1. The number of aromatic hydroxyl groups is 1. The molecule has 0 spiro atoms. The van der Waals surface area contributed by atoms with Crippen molar-refractivity contribution < 1.29 is 10.5 Å². The van der Waals surface area contributed by atoms with E-state index in [1.54, 1.807) is 6.07 Å². The van der Waals surface area contributed by atoms with Gasteiger partial charge in [0.25, 0.3) is 0 Å². The van der Waals surface area contributed by atoms with Crippen LogP contribution in [0.4, 0.5) is 0 Å². The van der Waals surface area contributed by atoms with E-state index in [1.165, 1.54) is 0 Å². The Morgan fingerprint density at radius 3 is 1.41 bits per heavy atom. The van der Waals surface area contributed by atoms with E-state index in [9.17, 15) is 5.11 Å². The first-order chi connectivity index (χ1) is 18.0. The number of phenols is 1. The van der Waals surface area contributed by atoms with Crippen molar-refractivity contribution in [3.8, 4) is 17.2 Å². The predicted molar refractivity (Wildman–Crippen MR) is 148 cm³/mol. The van der Waals surface area contributed by atoms with E-state index in [0.29, 0.717) is 5.52 Å². The van der Waals surface area contributed by atoms with E-state index in [-0.39, 0.29) is 5.75 Å². The molecular formula is C30H25N3O3Pb. The molecule has 0 unspecified atom stereocenters. The molecule has 6 rings (SSSR count). The van der Waals surface area contributed by atoms with Crippen molar-refractivity contribution in [2.75, 3.05) is 0 Å². The van der Waals surface area contributed by atoms with Crippen molar-refractivity contribution in [1.82, 2.24) is 15.0 Å². The van der Waals surface area contributed by atoms with Crippen LogP contribution >= 0.6 is 0 Å². The van der Waals surface area contributed by atoms with Gasteiger partial charge in [-0.2, -0.15) is 0 Å². The van der Waals surface area contributed by atoms with Gasteiger partial charge in [0.1, 0.15) is 11.3 Å². The van der Waals surface area contributed by atoms with Gasteiger partial charge < -0.3 is 5.11 Å². The standard InChI is InChI=1S/3C10H9NO.Pb/c3*1-7-5-6-8-3-2-4-9(12)10(8)11-7;/h3*2-6,12H,1H3;/q;;;+2/p-2. The van der Waals surface area contributed by atoms with E-state index in [4.69, 9.17) is 5.37 Å². The summed E-state index contributed by atoms with van der Waals surface area (Å²) in [6.07, 6.45) is 0. The zero-order valence-corrected chi connectivity index (χ0v) is 24.7. The fourth-order valence-electron chi connectivity index (χ4n) is 3.94. The van der Waals surface area contributed by atoms with Gasteiger partial charge in [-0.3, -0.25) is 0 Å². The van der Waals surface area contributed by atoms with Crippen molar-refractivity contribution in [2.24, 2.45) is 0 Å². The normalized spacial score (nSPS) is 10.8. The Bertz CT molecular complexity index is 1640. The number of hydrogen-bond acceptors (Lipinski definition) is 6. The van der Waals surface area contributed by atoms with Gasteiger partial charge in [-0.25, -0.2) is 4.98 Å². The number of rotatable bonds is 4. The number of phenolic OH excluding ortho intramolecular Hbond substituents is 1. The Morgan fingerprint density at radius 1 is 0.514 bits per heavy atom. The number of aryl methyl sites for hydroxylation is 3. The van der Waals surface area contributed by atoms with Crippen molar-refractivity contribution in [2.45, 2.75) is 20.8 Å². The van der Waals surface area contributed by atoms with Crippen LogP contribution in [0.5, 0.6) is 17.2 Å². The summed E-state index contributed by atoms with van der Waals surface area (Å²) in [6, 6.07) is 29.4. The van der Waals surface area contributed by atoms with Gasteiger partial charge in [0.15, 0.2) is 0 Å². The maximum absolute atomic E-state index is 9.43. The van der Waals surface area contributed by atoms with E-state index < -0.39 is 25.1 Å². The average molecular weight is 683 g/mol. The second-order valence-electron chi connectivity index (χ2n) is 8.65. The molecule has 7 heteroatoms. The van der Waals surface area contributed by atoms with Crippen LogP contribution in [-0.4, -0.2) is 45.2 Å². The molecule has 2 radical (unpaired) electrons. The van der Waals surface area contributed by atoms with Crippen LogP contribution < -0.4 is 5.37 Å². The van der Waals surface area contributed by atoms with Crippen molar-refractivity contribution >= 4 is 57.8 Å². The molecule has 3 heterocycles. The fourth-order valence-corrected chi connectivity index (χ4v) is 6.08.